The minimum Gasteiger partial charge on any atom is -0.481 e. The number of thioether (sulfide) groups is 1. The number of rotatable bonds is 16. The molecule has 1 aromatic carbocycles. The summed E-state index contributed by atoms with van der Waals surface area (Å²) in [4.78, 5) is 64.2. The molecule has 0 saturated heterocycles. The van der Waals surface area contributed by atoms with Crippen LogP contribution in [0.15, 0.2) is 30.5 Å². The predicted molar refractivity (Wildman–Crippen MR) is 147 cm³/mol. The van der Waals surface area contributed by atoms with Crippen molar-refractivity contribution in [3.8, 4) is 0 Å². The molecule has 2 rings (SSSR count). The van der Waals surface area contributed by atoms with Crippen molar-refractivity contribution in [1.29, 1.82) is 0 Å². The van der Waals surface area contributed by atoms with E-state index in [2.05, 4.69) is 33.6 Å². The zero-order valence-electron chi connectivity index (χ0n) is 20.8. The molecule has 2 aromatic rings. The first kappa shape index (κ1) is 31.0. The van der Waals surface area contributed by atoms with Crippen LogP contribution in [-0.2, 0) is 30.4 Å². The number of benzene rings is 1. The molecule has 38 heavy (non-hydrogen) atoms. The van der Waals surface area contributed by atoms with E-state index in [4.69, 9.17) is 10.8 Å². The first-order valence-electron chi connectivity index (χ1n) is 11.8. The molecule has 0 radical (unpaired) electrons. The van der Waals surface area contributed by atoms with Gasteiger partial charge in [0.25, 0.3) is 0 Å². The molecule has 4 atom stereocenters. The maximum absolute atomic E-state index is 13.3. The third-order valence-electron chi connectivity index (χ3n) is 5.78. The second kappa shape index (κ2) is 15.2. The molecule has 1 heterocycles. The highest BCUT2D eigenvalue weighted by atomic mass is 32.2. The number of aliphatic carboxylic acids is 2. The molecule has 0 saturated carbocycles. The number of carboxylic acid groups (broad SMARTS) is 2. The van der Waals surface area contributed by atoms with E-state index in [1.54, 1.807) is 6.20 Å². The zero-order chi connectivity index (χ0) is 28.2. The van der Waals surface area contributed by atoms with Crippen molar-refractivity contribution in [2.75, 3.05) is 17.8 Å². The number of carboxylic acids is 2. The molecule has 14 heteroatoms. The summed E-state index contributed by atoms with van der Waals surface area (Å²) in [7, 11) is 0. The second-order valence-corrected chi connectivity index (χ2v) is 9.94. The number of hydrogen-bond acceptors (Lipinski definition) is 8. The first-order chi connectivity index (χ1) is 18.1. The van der Waals surface area contributed by atoms with E-state index in [1.807, 2.05) is 30.5 Å². The highest BCUT2D eigenvalue weighted by Crippen LogP contribution is 2.19. The number of aromatic nitrogens is 1. The quantitative estimate of drug-likeness (QED) is 0.130. The Kier molecular flexibility index (Phi) is 12.4. The number of nitrogens with one attached hydrogen (secondary N) is 4. The van der Waals surface area contributed by atoms with E-state index >= 15 is 0 Å². The molecule has 12 nitrogen and oxygen atoms in total. The summed E-state index contributed by atoms with van der Waals surface area (Å²) in [6.45, 7) is 0. The van der Waals surface area contributed by atoms with Crippen LogP contribution >= 0.6 is 24.4 Å². The van der Waals surface area contributed by atoms with Crippen molar-refractivity contribution in [2.45, 2.75) is 49.9 Å². The van der Waals surface area contributed by atoms with Gasteiger partial charge >= 0.3 is 11.9 Å². The SMILES string of the molecule is CSCCC(NC(=O)C(CS)NC(=O)C(Cc1c[nH]c2ccccc12)NC(=O)C(N)CCC(=O)O)C(=O)O. The van der Waals surface area contributed by atoms with Crippen LogP contribution < -0.4 is 21.7 Å². The van der Waals surface area contributed by atoms with Crippen LogP contribution in [0.3, 0.4) is 0 Å². The highest BCUT2D eigenvalue weighted by Gasteiger charge is 2.30. The predicted octanol–water partition coefficient (Wildman–Crippen LogP) is 0.124. The Morgan fingerprint density at radius 2 is 1.61 bits per heavy atom. The molecular weight excluding hydrogens is 534 g/mol. The van der Waals surface area contributed by atoms with Gasteiger partial charge < -0.3 is 36.9 Å². The fourth-order valence-electron chi connectivity index (χ4n) is 3.65. The summed E-state index contributed by atoms with van der Waals surface area (Å²) >= 11 is 5.57. The molecule has 0 aliphatic heterocycles. The summed E-state index contributed by atoms with van der Waals surface area (Å²) in [5.74, 6) is -4.08. The van der Waals surface area contributed by atoms with E-state index in [0.29, 0.717) is 5.75 Å². The number of fused-ring (bicyclic) bond motifs is 1. The lowest BCUT2D eigenvalue weighted by molar-refractivity contribution is -0.142. The summed E-state index contributed by atoms with van der Waals surface area (Å²) < 4.78 is 0. The average molecular weight is 568 g/mol. The maximum Gasteiger partial charge on any atom is 0.326 e. The molecule has 0 aliphatic carbocycles. The van der Waals surface area contributed by atoms with Gasteiger partial charge in [-0.2, -0.15) is 24.4 Å². The number of carbonyl (C=O) groups excluding carboxylic acids is 3. The zero-order valence-corrected chi connectivity index (χ0v) is 22.5. The third kappa shape index (κ3) is 9.26. The number of hydrogen-bond donors (Lipinski definition) is 8. The van der Waals surface area contributed by atoms with Gasteiger partial charge in [0.05, 0.1) is 6.04 Å². The molecule has 0 aliphatic rings. The van der Waals surface area contributed by atoms with Crippen molar-refractivity contribution in [1.82, 2.24) is 20.9 Å². The van der Waals surface area contributed by atoms with Crippen molar-refractivity contribution in [3.63, 3.8) is 0 Å². The Bertz CT molecular complexity index is 1140. The van der Waals surface area contributed by atoms with Crippen LogP contribution in [0.1, 0.15) is 24.8 Å². The number of amides is 3. The van der Waals surface area contributed by atoms with Crippen LogP contribution in [0.2, 0.25) is 0 Å². The number of nitrogens with two attached hydrogens (primary N) is 1. The van der Waals surface area contributed by atoms with Gasteiger partial charge in [0.1, 0.15) is 18.1 Å². The van der Waals surface area contributed by atoms with Crippen molar-refractivity contribution in [3.05, 3.63) is 36.0 Å². The molecule has 0 fully saturated rings. The van der Waals surface area contributed by atoms with E-state index in [0.717, 1.165) is 16.5 Å². The summed E-state index contributed by atoms with van der Waals surface area (Å²) in [6.07, 6.45) is 3.30. The largest absolute Gasteiger partial charge is 0.481 e. The number of H-pyrrole nitrogens is 1. The van der Waals surface area contributed by atoms with Crippen molar-refractivity contribution < 1.29 is 34.2 Å². The lowest BCUT2D eigenvalue weighted by Gasteiger charge is -2.24. The standard InChI is InChI=1S/C24H33N5O7S2/c1-38-9-8-17(24(35)36)27-23(34)19(12-37)29-22(33)18(28-21(32)15(25)6-7-20(30)31)10-13-11-26-16-5-3-2-4-14(13)16/h2-5,11,15,17-19,26,37H,6-10,12,25H2,1H3,(H,27,34)(H,28,32)(H,29,33)(H,30,31)(H,35,36). The minimum atomic E-state index is -1.20. The normalized spacial score (nSPS) is 14.2. The molecule has 8 N–H and O–H groups in total. The van der Waals surface area contributed by atoms with Crippen LogP contribution in [0.25, 0.3) is 10.9 Å². The van der Waals surface area contributed by atoms with Gasteiger partial charge in [-0.05, 0) is 36.5 Å². The lowest BCUT2D eigenvalue weighted by Crippen LogP contribution is -2.58. The number of carbonyl (C=O) groups is 5. The molecule has 1 aromatic heterocycles. The van der Waals surface area contributed by atoms with Gasteiger partial charge in [0.2, 0.25) is 17.7 Å². The first-order valence-corrected chi connectivity index (χ1v) is 13.9. The molecule has 0 spiro atoms. The van der Waals surface area contributed by atoms with Crippen molar-refractivity contribution >= 4 is 65.0 Å². The average Bonchev–Trinajstić information content (AvgIpc) is 3.29. The van der Waals surface area contributed by atoms with Crippen LogP contribution in [0, 0.1) is 0 Å². The second-order valence-electron chi connectivity index (χ2n) is 8.59. The fraction of sp³-hybridized carbons (Fsp3) is 0.458. The third-order valence-corrected chi connectivity index (χ3v) is 6.79. The van der Waals surface area contributed by atoms with Gasteiger partial charge in [-0.25, -0.2) is 4.79 Å². The van der Waals surface area contributed by atoms with E-state index in [9.17, 15) is 29.1 Å². The minimum absolute atomic E-state index is 0.0413. The van der Waals surface area contributed by atoms with Crippen LogP contribution in [0.4, 0.5) is 0 Å². The number of thiol groups is 1. The Labute approximate surface area is 229 Å². The topological polar surface area (TPSA) is 204 Å². The molecule has 0 bridgehead atoms. The summed E-state index contributed by atoms with van der Waals surface area (Å²) in [5.41, 5.74) is 7.37. The van der Waals surface area contributed by atoms with Gasteiger partial charge in [-0.1, -0.05) is 18.2 Å². The van der Waals surface area contributed by atoms with Crippen molar-refractivity contribution in [2.24, 2.45) is 5.73 Å². The maximum atomic E-state index is 13.3. The molecule has 3 amide bonds. The number of para-hydroxylation sites is 1. The molecule has 4 unspecified atom stereocenters. The fourth-order valence-corrected chi connectivity index (χ4v) is 4.38. The smallest absolute Gasteiger partial charge is 0.326 e. The summed E-state index contributed by atoms with van der Waals surface area (Å²) in [5, 5.41) is 26.6. The van der Waals surface area contributed by atoms with Gasteiger partial charge in [-0.3, -0.25) is 19.2 Å². The lowest BCUT2D eigenvalue weighted by atomic mass is 10.0. The van der Waals surface area contributed by atoms with E-state index in [1.165, 1.54) is 11.8 Å². The Balaban J connectivity index is 2.21. The Morgan fingerprint density at radius 3 is 2.24 bits per heavy atom. The van der Waals surface area contributed by atoms with Gasteiger partial charge in [0, 0.05) is 35.7 Å². The molecular formula is C24H33N5O7S2. The van der Waals surface area contributed by atoms with Gasteiger partial charge in [0.15, 0.2) is 0 Å². The summed E-state index contributed by atoms with van der Waals surface area (Å²) in [6, 6.07) is 2.72. The molecule has 208 valence electrons. The van der Waals surface area contributed by atoms with Crippen LogP contribution in [0.5, 0.6) is 0 Å². The van der Waals surface area contributed by atoms with Gasteiger partial charge in [-0.15, -0.1) is 0 Å². The highest BCUT2D eigenvalue weighted by molar-refractivity contribution is 7.98. The monoisotopic (exact) mass is 567 g/mol. The van der Waals surface area contributed by atoms with Crippen LogP contribution in [-0.4, -0.2) is 86.8 Å². The van der Waals surface area contributed by atoms with E-state index < -0.39 is 53.8 Å². The Morgan fingerprint density at radius 1 is 0.974 bits per heavy atom. The Hall–Kier alpha value is -3.23. The van der Waals surface area contributed by atoms with E-state index in [-0.39, 0.29) is 31.4 Å². The number of aromatic amines is 1.